The van der Waals surface area contributed by atoms with Gasteiger partial charge in [-0.05, 0) is 24.2 Å². The molecule has 0 fully saturated rings. The van der Waals surface area contributed by atoms with Crippen molar-refractivity contribution in [3.8, 4) is 0 Å². The van der Waals surface area contributed by atoms with Gasteiger partial charge in [0.05, 0.1) is 0 Å². The third kappa shape index (κ3) is 4.99. The van der Waals surface area contributed by atoms with Gasteiger partial charge in [0, 0.05) is 24.7 Å². The number of aromatic nitrogens is 2. The van der Waals surface area contributed by atoms with Crippen LogP contribution in [0.4, 0.5) is 13.2 Å². The average molecular weight is 281 g/mol. The van der Waals surface area contributed by atoms with Crippen LogP contribution in [0.1, 0.15) is 19.4 Å². The van der Waals surface area contributed by atoms with E-state index in [0.29, 0.717) is 6.42 Å². The Bertz CT molecular complexity index is 367. The van der Waals surface area contributed by atoms with Gasteiger partial charge in [-0.3, -0.25) is 9.48 Å². The monoisotopic (exact) mass is 281 g/mol. The fourth-order valence-electron chi connectivity index (χ4n) is 1.42. The highest BCUT2D eigenvalue weighted by Gasteiger charge is 2.27. The van der Waals surface area contributed by atoms with Crippen LogP contribution in [0.15, 0.2) is 18.5 Å². The molecule has 1 heterocycles. The lowest BCUT2D eigenvalue weighted by molar-refractivity contribution is -0.124. The summed E-state index contributed by atoms with van der Waals surface area (Å²) in [6.45, 7) is 1.80. The van der Waals surface area contributed by atoms with Crippen molar-refractivity contribution >= 4 is 17.7 Å². The first kappa shape index (κ1) is 14.9. The van der Waals surface area contributed by atoms with Gasteiger partial charge >= 0.3 is 5.51 Å². The van der Waals surface area contributed by atoms with E-state index in [9.17, 15) is 18.0 Å². The first-order valence-electron chi connectivity index (χ1n) is 5.41. The molecule has 0 saturated carbocycles. The lowest BCUT2D eigenvalue weighted by atomic mass is 10.2. The molecule has 0 aliphatic carbocycles. The van der Waals surface area contributed by atoms with E-state index >= 15 is 0 Å². The molecule has 0 aromatic carbocycles. The summed E-state index contributed by atoms with van der Waals surface area (Å²) in [6.07, 6.45) is 3.73. The van der Waals surface area contributed by atoms with E-state index in [1.54, 1.807) is 18.5 Å². The van der Waals surface area contributed by atoms with E-state index in [1.807, 2.05) is 6.92 Å². The zero-order valence-corrected chi connectivity index (χ0v) is 10.6. The Kier molecular flexibility index (Phi) is 5.52. The quantitative estimate of drug-likeness (QED) is 0.813. The number of carbonyl (C=O) groups is 1. The van der Waals surface area contributed by atoms with Crippen LogP contribution in [0, 0.1) is 0 Å². The van der Waals surface area contributed by atoms with Crippen LogP contribution in [0.2, 0.25) is 0 Å². The number of thioether (sulfide) groups is 1. The van der Waals surface area contributed by atoms with Crippen LogP contribution in [0.25, 0.3) is 0 Å². The molecular formula is C10H14F3N3OS. The lowest BCUT2D eigenvalue weighted by Gasteiger charge is -2.15. The van der Waals surface area contributed by atoms with Crippen molar-refractivity contribution in [2.75, 3.05) is 12.3 Å². The Morgan fingerprint density at radius 3 is 2.78 bits per heavy atom. The maximum Gasteiger partial charge on any atom is 0.441 e. The van der Waals surface area contributed by atoms with E-state index in [2.05, 4.69) is 10.4 Å². The molecule has 4 nitrogen and oxygen atoms in total. The van der Waals surface area contributed by atoms with E-state index in [0.717, 1.165) is 0 Å². The normalized spacial score (nSPS) is 13.3. The number of hydrogen-bond acceptors (Lipinski definition) is 3. The fourth-order valence-corrected chi connectivity index (χ4v) is 1.85. The average Bonchev–Trinajstić information content (AvgIpc) is 2.78. The SMILES string of the molecule is CC[C@H](C(=O)NCCSC(F)(F)F)n1cccn1. The first-order chi connectivity index (χ1) is 8.44. The number of carbonyl (C=O) groups excluding carboxylic acids is 1. The van der Waals surface area contributed by atoms with E-state index in [4.69, 9.17) is 0 Å². The van der Waals surface area contributed by atoms with Gasteiger partial charge in [0.15, 0.2) is 0 Å². The molecule has 1 amide bonds. The van der Waals surface area contributed by atoms with Gasteiger partial charge in [-0.25, -0.2) is 0 Å². The summed E-state index contributed by atoms with van der Waals surface area (Å²) in [4.78, 5) is 11.7. The standard InChI is InChI=1S/C10H14F3N3OS/c1-2-8(16-6-3-4-15-16)9(17)14-5-7-18-10(11,12)13/h3-4,6,8H,2,5,7H2,1H3,(H,14,17)/t8-/m1/s1. The molecular weight excluding hydrogens is 267 g/mol. The molecule has 1 aromatic heterocycles. The zero-order chi connectivity index (χ0) is 13.6. The van der Waals surface area contributed by atoms with Gasteiger partial charge in [0.25, 0.3) is 0 Å². The largest absolute Gasteiger partial charge is 0.441 e. The molecule has 0 unspecified atom stereocenters. The predicted octanol–water partition coefficient (Wildman–Crippen LogP) is 2.20. The molecule has 0 saturated heterocycles. The second kappa shape index (κ2) is 6.67. The molecule has 102 valence electrons. The highest BCUT2D eigenvalue weighted by molar-refractivity contribution is 8.00. The van der Waals surface area contributed by atoms with E-state index < -0.39 is 11.6 Å². The van der Waals surface area contributed by atoms with Crippen LogP contribution in [-0.2, 0) is 4.79 Å². The molecule has 1 aromatic rings. The number of alkyl halides is 3. The van der Waals surface area contributed by atoms with Gasteiger partial charge < -0.3 is 5.32 Å². The van der Waals surface area contributed by atoms with Crippen molar-refractivity contribution in [2.45, 2.75) is 24.9 Å². The number of nitrogens with zero attached hydrogens (tertiary/aromatic N) is 2. The number of amides is 1. The van der Waals surface area contributed by atoms with Gasteiger partial charge in [0.1, 0.15) is 6.04 Å². The van der Waals surface area contributed by atoms with Crippen molar-refractivity contribution in [1.82, 2.24) is 15.1 Å². The number of rotatable bonds is 6. The molecule has 0 radical (unpaired) electrons. The second-order valence-corrected chi connectivity index (χ2v) is 4.66. The maximum atomic E-state index is 11.9. The summed E-state index contributed by atoms with van der Waals surface area (Å²) < 4.78 is 37.1. The van der Waals surface area contributed by atoms with Crippen LogP contribution >= 0.6 is 11.8 Å². The summed E-state index contributed by atoms with van der Waals surface area (Å²) >= 11 is -0.145. The minimum Gasteiger partial charge on any atom is -0.353 e. The number of nitrogens with one attached hydrogen (secondary N) is 1. The highest BCUT2D eigenvalue weighted by atomic mass is 32.2. The Hall–Kier alpha value is -1.18. The minimum absolute atomic E-state index is 0.0131. The van der Waals surface area contributed by atoms with Gasteiger partial charge in [0.2, 0.25) is 5.91 Å². The van der Waals surface area contributed by atoms with Crippen molar-refractivity contribution in [3.63, 3.8) is 0 Å². The molecule has 1 rings (SSSR count). The molecule has 0 aliphatic heterocycles. The zero-order valence-electron chi connectivity index (χ0n) is 9.78. The van der Waals surface area contributed by atoms with Crippen LogP contribution < -0.4 is 5.32 Å². The summed E-state index contributed by atoms with van der Waals surface area (Å²) in [5.41, 5.74) is -4.25. The van der Waals surface area contributed by atoms with Crippen LogP contribution in [-0.4, -0.2) is 33.5 Å². The Morgan fingerprint density at radius 1 is 1.56 bits per heavy atom. The van der Waals surface area contributed by atoms with Crippen LogP contribution in [0.5, 0.6) is 0 Å². The Morgan fingerprint density at radius 2 is 2.28 bits per heavy atom. The second-order valence-electron chi connectivity index (χ2n) is 3.50. The summed E-state index contributed by atoms with van der Waals surface area (Å²) in [6, 6.07) is 1.21. The molecule has 0 bridgehead atoms. The highest BCUT2D eigenvalue weighted by Crippen LogP contribution is 2.29. The van der Waals surface area contributed by atoms with E-state index in [1.165, 1.54) is 4.68 Å². The van der Waals surface area contributed by atoms with Crippen molar-refractivity contribution in [2.24, 2.45) is 0 Å². The number of halogens is 3. The van der Waals surface area contributed by atoms with Gasteiger partial charge in [-0.15, -0.1) is 0 Å². The fraction of sp³-hybridized carbons (Fsp3) is 0.600. The van der Waals surface area contributed by atoms with Gasteiger partial charge in [-0.1, -0.05) is 6.92 Å². The van der Waals surface area contributed by atoms with Crippen molar-refractivity contribution < 1.29 is 18.0 Å². The number of hydrogen-bond donors (Lipinski definition) is 1. The third-order valence-corrected chi connectivity index (χ3v) is 2.94. The minimum atomic E-state index is -4.25. The molecule has 0 aliphatic rings. The molecule has 0 spiro atoms. The van der Waals surface area contributed by atoms with Gasteiger partial charge in [-0.2, -0.15) is 18.3 Å². The van der Waals surface area contributed by atoms with E-state index in [-0.39, 0.29) is 30.0 Å². The first-order valence-corrected chi connectivity index (χ1v) is 6.40. The molecule has 1 N–H and O–H groups in total. The summed E-state index contributed by atoms with van der Waals surface area (Å²) in [5, 5.41) is 6.42. The molecule has 1 atom stereocenters. The third-order valence-electron chi connectivity index (χ3n) is 2.20. The summed E-state index contributed by atoms with van der Waals surface area (Å²) in [5.74, 6) is -0.505. The lowest BCUT2D eigenvalue weighted by Crippen LogP contribution is -2.34. The van der Waals surface area contributed by atoms with Crippen molar-refractivity contribution in [3.05, 3.63) is 18.5 Å². The molecule has 18 heavy (non-hydrogen) atoms. The topological polar surface area (TPSA) is 46.9 Å². The maximum absolute atomic E-state index is 11.9. The predicted molar refractivity (Wildman–Crippen MR) is 63.1 cm³/mol. The van der Waals surface area contributed by atoms with Crippen molar-refractivity contribution in [1.29, 1.82) is 0 Å². The summed E-state index contributed by atoms with van der Waals surface area (Å²) in [7, 11) is 0. The smallest absolute Gasteiger partial charge is 0.353 e. The molecule has 8 heteroatoms. The Labute approximate surface area is 107 Å². The van der Waals surface area contributed by atoms with Crippen LogP contribution in [0.3, 0.4) is 0 Å². The Balaban J connectivity index is 2.36.